The van der Waals surface area contributed by atoms with Crippen LogP contribution < -0.4 is 0 Å². The Labute approximate surface area is 116 Å². The van der Waals surface area contributed by atoms with Crippen LogP contribution in [0.15, 0.2) is 18.3 Å². The van der Waals surface area contributed by atoms with Crippen molar-refractivity contribution in [3.05, 3.63) is 29.0 Å². The van der Waals surface area contributed by atoms with Crippen molar-refractivity contribution >= 4 is 23.5 Å². The smallest absolute Gasteiger partial charge is 0.326 e. The van der Waals surface area contributed by atoms with Gasteiger partial charge in [0.05, 0.1) is 5.56 Å². The van der Waals surface area contributed by atoms with Crippen LogP contribution in [0.1, 0.15) is 36.0 Å². The molecular formula is C13H15ClN2O3. The number of aromatic nitrogens is 1. The van der Waals surface area contributed by atoms with Gasteiger partial charge < -0.3 is 10.0 Å². The average Bonchev–Trinajstić information content (AvgIpc) is 2.64. The van der Waals surface area contributed by atoms with Gasteiger partial charge in [-0.2, -0.15) is 0 Å². The number of carbonyl (C=O) groups is 2. The van der Waals surface area contributed by atoms with Crippen molar-refractivity contribution in [2.45, 2.75) is 31.7 Å². The topological polar surface area (TPSA) is 70.5 Å². The van der Waals surface area contributed by atoms with Gasteiger partial charge in [-0.15, -0.1) is 0 Å². The van der Waals surface area contributed by atoms with E-state index in [0.717, 1.165) is 19.3 Å². The van der Waals surface area contributed by atoms with E-state index >= 15 is 0 Å². The Bertz CT molecular complexity index is 475. The highest BCUT2D eigenvalue weighted by Gasteiger charge is 2.31. The molecule has 1 amide bonds. The number of nitrogens with zero attached hydrogens (tertiary/aromatic N) is 2. The zero-order valence-electron chi connectivity index (χ0n) is 10.4. The van der Waals surface area contributed by atoms with Crippen LogP contribution in [-0.2, 0) is 4.79 Å². The number of rotatable bonds is 2. The predicted octanol–water partition coefficient (Wildman–Crippen LogP) is 2.20. The van der Waals surface area contributed by atoms with Crippen LogP contribution >= 0.6 is 11.6 Å². The molecule has 1 N–H and O–H groups in total. The van der Waals surface area contributed by atoms with E-state index in [-0.39, 0.29) is 5.91 Å². The molecule has 0 bridgehead atoms. The summed E-state index contributed by atoms with van der Waals surface area (Å²) in [5.74, 6) is -1.24. The number of likely N-dealkylation sites (tertiary alicyclic amines) is 1. The van der Waals surface area contributed by atoms with Gasteiger partial charge in [0.2, 0.25) is 0 Å². The van der Waals surface area contributed by atoms with E-state index in [1.165, 1.54) is 17.2 Å². The first-order chi connectivity index (χ1) is 9.09. The molecule has 1 aromatic heterocycles. The summed E-state index contributed by atoms with van der Waals surface area (Å²) in [6, 6.07) is 2.36. The molecule has 1 unspecified atom stereocenters. The Morgan fingerprint density at radius 3 is 2.74 bits per heavy atom. The third-order valence-corrected chi connectivity index (χ3v) is 3.50. The number of hydrogen-bond donors (Lipinski definition) is 1. The van der Waals surface area contributed by atoms with Gasteiger partial charge in [0.1, 0.15) is 11.2 Å². The van der Waals surface area contributed by atoms with E-state index in [1.807, 2.05) is 0 Å². The van der Waals surface area contributed by atoms with Gasteiger partial charge in [-0.25, -0.2) is 9.78 Å². The molecule has 1 atom stereocenters. The number of aliphatic carboxylic acids is 1. The third kappa shape index (κ3) is 3.23. The second kappa shape index (κ2) is 6.02. The molecule has 0 radical (unpaired) electrons. The van der Waals surface area contributed by atoms with E-state index < -0.39 is 12.0 Å². The van der Waals surface area contributed by atoms with Gasteiger partial charge in [0, 0.05) is 12.7 Å². The zero-order chi connectivity index (χ0) is 13.8. The molecule has 0 aromatic carbocycles. The number of carbonyl (C=O) groups excluding carboxylic acids is 1. The van der Waals surface area contributed by atoms with Crippen molar-refractivity contribution in [1.82, 2.24) is 9.88 Å². The van der Waals surface area contributed by atoms with Crippen LogP contribution in [0.5, 0.6) is 0 Å². The first-order valence-corrected chi connectivity index (χ1v) is 6.62. The molecule has 1 aromatic rings. The Kier molecular flexibility index (Phi) is 4.37. The largest absolute Gasteiger partial charge is 0.480 e. The molecule has 19 heavy (non-hydrogen) atoms. The number of carboxylic acids is 1. The number of hydrogen-bond acceptors (Lipinski definition) is 3. The molecule has 1 aliphatic rings. The molecule has 1 fully saturated rings. The first-order valence-electron chi connectivity index (χ1n) is 6.25. The van der Waals surface area contributed by atoms with Crippen molar-refractivity contribution in [2.75, 3.05) is 6.54 Å². The van der Waals surface area contributed by atoms with E-state index in [0.29, 0.717) is 23.7 Å². The van der Waals surface area contributed by atoms with Crippen molar-refractivity contribution in [1.29, 1.82) is 0 Å². The number of pyridine rings is 1. The summed E-state index contributed by atoms with van der Waals surface area (Å²) in [5.41, 5.74) is 0.373. The van der Waals surface area contributed by atoms with Crippen molar-refractivity contribution in [3.8, 4) is 0 Å². The molecule has 5 nitrogen and oxygen atoms in total. The summed E-state index contributed by atoms with van der Waals surface area (Å²) in [4.78, 5) is 28.9. The molecule has 6 heteroatoms. The highest BCUT2D eigenvalue weighted by molar-refractivity contribution is 6.29. The van der Waals surface area contributed by atoms with E-state index in [9.17, 15) is 14.7 Å². The standard InChI is InChI=1S/C13H15ClN2O3/c14-11-6-5-9(8-15-11)12(17)16-7-3-1-2-4-10(16)13(18)19/h5-6,8,10H,1-4,7H2,(H,18,19). The number of halogens is 1. The molecular weight excluding hydrogens is 268 g/mol. The SMILES string of the molecule is O=C(O)C1CCCCCN1C(=O)c1ccc(Cl)nc1. The fraction of sp³-hybridized carbons (Fsp3) is 0.462. The van der Waals surface area contributed by atoms with E-state index in [2.05, 4.69) is 4.98 Å². The highest BCUT2D eigenvalue weighted by atomic mass is 35.5. The number of carboxylic acid groups (broad SMARTS) is 1. The lowest BCUT2D eigenvalue weighted by molar-refractivity contribution is -0.142. The van der Waals surface area contributed by atoms with Gasteiger partial charge in [-0.3, -0.25) is 4.79 Å². The van der Waals surface area contributed by atoms with E-state index in [4.69, 9.17) is 11.6 Å². The summed E-state index contributed by atoms with van der Waals surface area (Å²) in [6.45, 7) is 0.471. The van der Waals surface area contributed by atoms with Gasteiger partial charge in [-0.05, 0) is 25.0 Å². The molecule has 2 heterocycles. The van der Waals surface area contributed by atoms with Gasteiger partial charge in [-0.1, -0.05) is 24.4 Å². The summed E-state index contributed by atoms with van der Waals surface area (Å²) in [7, 11) is 0. The zero-order valence-corrected chi connectivity index (χ0v) is 11.1. The molecule has 1 saturated heterocycles. The van der Waals surface area contributed by atoms with Gasteiger partial charge in [0.25, 0.3) is 5.91 Å². The quantitative estimate of drug-likeness (QED) is 0.844. The van der Waals surface area contributed by atoms with Gasteiger partial charge in [0.15, 0.2) is 0 Å². The van der Waals surface area contributed by atoms with Crippen LogP contribution in [0.25, 0.3) is 0 Å². The molecule has 0 aliphatic carbocycles. The highest BCUT2D eigenvalue weighted by Crippen LogP contribution is 2.19. The normalized spacial score (nSPS) is 19.8. The Hall–Kier alpha value is -1.62. The minimum absolute atomic E-state index is 0.293. The maximum absolute atomic E-state index is 12.4. The van der Waals surface area contributed by atoms with Crippen LogP contribution in [0, 0.1) is 0 Å². The average molecular weight is 283 g/mol. The maximum atomic E-state index is 12.4. The number of amides is 1. The lowest BCUT2D eigenvalue weighted by Gasteiger charge is -2.26. The fourth-order valence-corrected chi connectivity index (χ4v) is 2.39. The maximum Gasteiger partial charge on any atom is 0.326 e. The lowest BCUT2D eigenvalue weighted by Crippen LogP contribution is -2.44. The monoisotopic (exact) mass is 282 g/mol. The molecule has 2 rings (SSSR count). The lowest BCUT2D eigenvalue weighted by atomic mass is 10.1. The van der Waals surface area contributed by atoms with Gasteiger partial charge >= 0.3 is 5.97 Å². The Balaban J connectivity index is 2.23. The second-order valence-electron chi connectivity index (χ2n) is 4.57. The van der Waals surface area contributed by atoms with E-state index in [1.54, 1.807) is 6.07 Å². The predicted molar refractivity (Wildman–Crippen MR) is 70.2 cm³/mol. The molecule has 0 saturated carbocycles. The summed E-state index contributed by atoms with van der Waals surface area (Å²) >= 11 is 5.68. The minimum atomic E-state index is -0.947. The fourth-order valence-electron chi connectivity index (χ4n) is 2.28. The van der Waals surface area contributed by atoms with Crippen LogP contribution in [0.2, 0.25) is 5.15 Å². The van der Waals surface area contributed by atoms with Crippen molar-refractivity contribution in [3.63, 3.8) is 0 Å². The van der Waals surface area contributed by atoms with Crippen LogP contribution in [0.4, 0.5) is 0 Å². The van der Waals surface area contributed by atoms with Crippen molar-refractivity contribution in [2.24, 2.45) is 0 Å². The van der Waals surface area contributed by atoms with Crippen LogP contribution in [0.3, 0.4) is 0 Å². The molecule has 102 valence electrons. The summed E-state index contributed by atoms with van der Waals surface area (Å²) < 4.78 is 0. The second-order valence-corrected chi connectivity index (χ2v) is 4.96. The molecule has 0 spiro atoms. The Morgan fingerprint density at radius 1 is 1.32 bits per heavy atom. The Morgan fingerprint density at radius 2 is 2.11 bits per heavy atom. The third-order valence-electron chi connectivity index (χ3n) is 3.27. The van der Waals surface area contributed by atoms with Crippen molar-refractivity contribution < 1.29 is 14.7 Å². The molecule has 1 aliphatic heterocycles. The minimum Gasteiger partial charge on any atom is -0.480 e. The van der Waals surface area contributed by atoms with Crippen LogP contribution in [-0.4, -0.2) is 39.5 Å². The first kappa shape index (κ1) is 13.8. The summed E-state index contributed by atoms with van der Waals surface area (Å²) in [6.07, 6.45) is 4.50. The summed E-state index contributed by atoms with van der Waals surface area (Å²) in [5, 5.41) is 9.55.